The second-order valence-corrected chi connectivity index (χ2v) is 5.96. The maximum atomic E-state index is 12.3. The summed E-state index contributed by atoms with van der Waals surface area (Å²) in [5.41, 5.74) is 8.96. The minimum absolute atomic E-state index is 0.00810. The molecule has 10 heteroatoms. The van der Waals surface area contributed by atoms with Crippen molar-refractivity contribution in [2.75, 3.05) is 5.73 Å². The fourth-order valence-electron chi connectivity index (χ4n) is 2.30. The van der Waals surface area contributed by atoms with Gasteiger partial charge in [-0.05, 0) is 35.9 Å². The van der Waals surface area contributed by atoms with Crippen molar-refractivity contribution in [1.29, 1.82) is 0 Å². The van der Waals surface area contributed by atoms with E-state index in [4.69, 9.17) is 22.5 Å². The summed E-state index contributed by atoms with van der Waals surface area (Å²) in [5.74, 6) is -1.11. The van der Waals surface area contributed by atoms with Gasteiger partial charge in [0.1, 0.15) is 0 Å². The fraction of sp³-hybridized carbons (Fsp3) is 0.0588. The van der Waals surface area contributed by atoms with Gasteiger partial charge in [-0.3, -0.25) is 14.8 Å². The molecule has 0 spiro atoms. The van der Waals surface area contributed by atoms with Crippen molar-refractivity contribution in [2.45, 2.75) is 6.54 Å². The van der Waals surface area contributed by atoms with Crippen LogP contribution in [0, 0.1) is 0 Å². The lowest BCUT2D eigenvalue weighted by molar-refractivity contribution is 0.0706. The van der Waals surface area contributed by atoms with Crippen LogP contribution < -0.4 is 16.5 Å². The summed E-state index contributed by atoms with van der Waals surface area (Å²) in [7, 11) is 0. The van der Waals surface area contributed by atoms with E-state index in [2.05, 4.69) is 15.5 Å². The number of nitrogen functional groups attached to an aromatic ring is 1. The molecule has 2 amide bonds. The molecule has 0 aliphatic rings. The van der Waals surface area contributed by atoms with Gasteiger partial charge in [0.15, 0.2) is 11.5 Å². The zero-order valence-electron chi connectivity index (χ0n) is 13.9. The molecule has 0 atom stereocenters. The van der Waals surface area contributed by atoms with E-state index in [-0.39, 0.29) is 18.1 Å². The number of anilines is 1. The molecular weight excluding hydrogens is 372 g/mol. The van der Waals surface area contributed by atoms with E-state index in [9.17, 15) is 9.59 Å². The molecule has 3 rings (SSSR count). The summed E-state index contributed by atoms with van der Waals surface area (Å²) in [6.45, 7) is 0.198. The van der Waals surface area contributed by atoms with Crippen LogP contribution in [0.15, 0.2) is 48.5 Å². The van der Waals surface area contributed by atoms with Crippen LogP contribution in [-0.4, -0.2) is 32.0 Å². The molecule has 0 radical (unpaired) electrons. The van der Waals surface area contributed by atoms with E-state index in [1.165, 1.54) is 16.9 Å². The highest BCUT2D eigenvalue weighted by atomic mass is 35.5. The summed E-state index contributed by atoms with van der Waals surface area (Å²) >= 11 is 5.94. The number of nitrogens with two attached hydrogens (primary N) is 1. The molecule has 138 valence electrons. The Hall–Kier alpha value is -3.43. The van der Waals surface area contributed by atoms with Crippen LogP contribution in [0.25, 0.3) is 5.69 Å². The highest BCUT2D eigenvalue weighted by Crippen LogP contribution is 2.15. The number of amides is 2. The first-order chi connectivity index (χ1) is 13.0. The molecule has 5 N–H and O–H groups in total. The van der Waals surface area contributed by atoms with Crippen molar-refractivity contribution in [3.8, 4) is 5.69 Å². The second kappa shape index (κ2) is 7.85. The molecule has 0 saturated carbocycles. The van der Waals surface area contributed by atoms with Gasteiger partial charge >= 0.3 is 0 Å². The Labute approximate surface area is 158 Å². The minimum atomic E-state index is -0.615. The summed E-state index contributed by atoms with van der Waals surface area (Å²) in [6.07, 6.45) is 0. The van der Waals surface area contributed by atoms with E-state index >= 15 is 0 Å². The normalized spacial score (nSPS) is 10.4. The standard InChI is InChI=1S/C17H15ClN6O3/c18-12-2-1-3-13(8-12)24-21-14(15(19)22-24)17(26)20-9-10-4-6-11(7-5-10)16(25)23-27/h1-8,27H,9H2,(H2,19,22)(H,20,26)(H,23,25). The van der Waals surface area contributed by atoms with E-state index in [1.54, 1.807) is 41.9 Å². The number of nitrogens with one attached hydrogen (secondary N) is 2. The largest absolute Gasteiger partial charge is 0.380 e. The SMILES string of the molecule is Nc1nn(-c2cccc(Cl)c2)nc1C(=O)NCc1ccc(C(=O)NO)cc1. The van der Waals surface area contributed by atoms with Crippen molar-refractivity contribution in [3.05, 3.63) is 70.4 Å². The van der Waals surface area contributed by atoms with Gasteiger partial charge in [0.25, 0.3) is 11.8 Å². The first-order valence-electron chi connectivity index (χ1n) is 7.78. The predicted octanol–water partition coefficient (Wildman–Crippen LogP) is 1.55. The molecule has 0 aliphatic carbocycles. The Balaban J connectivity index is 1.69. The number of carbonyl (C=O) groups excluding carboxylic acids is 2. The molecule has 3 aromatic rings. The third kappa shape index (κ3) is 4.22. The number of aromatic nitrogens is 3. The first kappa shape index (κ1) is 18.4. The number of rotatable bonds is 5. The van der Waals surface area contributed by atoms with Gasteiger partial charge in [0.05, 0.1) is 5.69 Å². The van der Waals surface area contributed by atoms with Crippen molar-refractivity contribution < 1.29 is 14.8 Å². The molecule has 0 fully saturated rings. The van der Waals surface area contributed by atoms with Crippen LogP contribution in [0.5, 0.6) is 0 Å². The van der Waals surface area contributed by atoms with Gasteiger partial charge < -0.3 is 11.1 Å². The van der Waals surface area contributed by atoms with Crippen molar-refractivity contribution in [2.24, 2.45) is 0 Å². The van der Waals surface area contributed by atoms with Crippen molar-refractivity contribution >= 4 is 29.2 Å². The number of hydroxylamine groups is 1. The minimum Gasteiger partial charge on any atom is -0.380 e. The lowest BCUT2D eigenvalue weighted by atomic mass is 10.1. The molecule has 27 heavy (non-hydrogen) atoms. The summed E-state index contributed by atoms with van der Waals surface area (Å²) in [5, 5.41) is 19.9. The summed E-state index contributed by atoms with van der Waals surface area (Å²) in [6, 6.07) is 13.2. The van der Waals surface area contributed by atoms with Crippen LogP contribution in [0.2, 0.25) is 5.02 Å². The smallest absolute Gasteiger partial charge is 0.275 e. The molecule has 9 nitrogen and oxygen atoms in total. The van der Waals surface area contributed by atoms with Crippen LogP contribution >= 0.6 is 11.6 Å². The molecule has 1 heterocycles. The molecule has 1 aromatic heterocycles. The van der Waals surface area contributed by atoms with E-state index in [0.29, 0.717) is 16.3 Å². The average Bonchev–Trinajstić information content (AvgIpc) is 3.08. The zero-order chi connectivity index (χ0) is 19.4. The Kier molecular flexibility index (Phi) is 5.34. The Morgan fingerprint density at radius 3 is 2.52 bits per heavy atom. The number of hydrogen-bond donors (Lipinski definition) is 4. The van der Waals surface area contributed by atoms with Gasteiger partial charge in [0, 0.05) is 17.1 Å². The molecule has 0 bridgehead atoms. The molecule has 0 unspecified atom stereocenters. The Bertz CT molecular complexity index is 987. The highest BCUT2D eigenvalue weighted by Gasteiger charge is 2.17. The monoisotopic (exact) mass is 386 g/mol. The van der Waals surface area contributed by atoms with Crippen LogP contribution in [0.1, 0.15) is 26.4 Å². The maximum absolute atomic E-state index is 12.3. The number of nitrogens with zero attached hydrogens (tertiary/aromatic N) is 3. The van der Waals surface area contributed by atoms with Crippen LogP contribution in [0.4, 0.5) is 5.82 Å². The van der Waals surface area contributed by atoms with Gasteiger partial charge in [-0.1, -0.05) is 29.8 Å². The van der Waals surface area contributed by atoms with E-state index in [1.807, 2.05) is 0 Å². The quantitative estimate of drug-likeness (QED) is 0.388. The van der Waals surface area contributed by atoms with Crippen molar-refractivity contribution in [3.63, 3.8) is 0 Å². The fourth-order valence-corrected chi connectivity index (χ4v) is 2.48. The van der Waals surface area contributed by atoms with Gasteiger partial charge in [-0.25, -0.2) is 5.48 Å². The van der Waals surface area contributed by atoms with Crippen LogP contribution in [-0.2, 0) is 6.54 Å². The summed E-state index contributed by atoms with van der Waals surface area (Å²) in [4.78, 5) is 24.9. The number of hydrogen-bond acceptors (Lipinski definition) is 6. The Morgan fingerprint density at radius 2 is 1.85 bits per heavy atom. The topological polar surface area (TPSA) is 135 Å². The third-order valence-electron chi connectivity index (χ3n) is 3.66. The molecular formula is C17H15ClN6O3. The molecule has 2 aromatic carbocycles. The zero-order valence-corrected chi connectivity index (χ0v) is 14.6. The average molecular weight is 387 g/mol. The Morgan fingerprint density at radius 1 is 1.11 bits per heavy atom. The molecule has 0 saturated heterocycles. The third-order valence-corrected chi connectivity index (χ3v) is 3.90. The summed E-state index contributed by atoms with van der Waals surface area (Å²) < 4.78 is 0. The number of carbonyl (C=O) groups is 2. The number of halogens is 1. The lowest BCUT2D eigenvalue weighted by Gasteiger charge is -2.05. The van der Waals surface area contributed by atoms with Crippen LogP contribution in [0.3, 0.4) is 0 Å². The van der Waals surface area contributed by atoms with Gasteiger partial charge in [0.2, 0.25) is 0 Å². The maximum Gasteiger partial charge on any atom is 0.275 e. The molecule has 0 aliphatic heterocycles. The van der Waals surface area contributed by atoms with E-state index in [0.717, 1.165) is 5.56 Å². The first-order valence-corrected chi connectivity index (χ1v) is 8.16. The lowest BCUT2D eigenvalue weighted by Crippen LogP contribution is -2.24. The van der Waals surface area contributed by atoms with Crippen molar-refractivity contribution in [1.82, 2.24) is 25.8 Å². The van der Waals surface area contributed by atoms with Gasteiger partial charge in [-0.15, -0.1) is 15.0 Å². The number of benzene rings is 2. The highest BCUT2D eigenvalue weighted by molar-refractivity contribution is 6.30. The van der Waals surface area contributed by atoms with Gasteiger partial charge in [-0.2, -0.15) is 0 Å². The predicted molar refractivity (Wildman–Crippen MR) is 97.6 cm³/mol. The van der Waals surface area contributed by atoms with E-state index < -0.39 is 11.8 Å². The second-order valence-electron chi connectivity index (χ2n) is 5.52.